The van der Waals surface area contributed by atoms with Crippen molar-refractivity contribution in [3.05, 3.63) is 34.6 Å². The fourth-order valence-electron chi connectivity index (χ4n) is 1.44. The smallest absolute Gasteiger partial charge is 0.169 e. The van der Waals surface area contributed by atoms with Crippen molar-refractivity contribution in [2.45, 2.75) is 19.8 Å². The van der Waals surface area contributed by atoms with Gasteiger partial charge in [0.05, 0.1) is 11.6 Å². The van der Waals surface area contributed by atoms with Crippen molar-refractivity contribution >= 4 is 17.4 Å². The van der Waals surface area contributed by atoms with E-state index in [9.17, 15) is 9.18 Å². The Bertz CT molecular complexity index is 439. The number of hydrogen-bond donors (Lipinski definition) is 0. The normalized spacial score (nSPS) is 11.9. The first-order valence-electron chi connectivity index (χ1n) is 4.96. The van der Waals surface area contributed by atoms with Crippen molar-refractivity contribution in [3.63, 3.8) is 0 Å². The van der Waals surface area contributed by atoms with Gasteiger partial charge in [0.25, 0.3) is 0 Å². The monoisotopic (exact) mass is 239 g/mol. The second-order valence-electron chi connectivity index (χ2n) is 3.46. The van der Waals surface area contributed by atoms with Gasteiger partial charge in [-0.1, -0.05) is 18.5 Å². The molecule has 0 aliphatic rings. The van der Waals surface area contributed by atoms with Gasteiger partial charge in [-0.3, -0.25) is 4.79 Å². The molecule has 0 saturated carbocycles. The Morgan fingerprint density at radius 3 is 2.81 bits per heavy atom. The molecule has 0 aromatic heterocycles. The summed E-state index contributed by atoms with van der Waals surface area (Å²) < 4.78 is 13.4. The molecule has 0 N–H and O–H groups in total. The number of carbonyl (C=O) groups excluding carboxylic acids is 1. The molecule has 2 nitrogen and oxygen atoms in total. The Kier molecular flexibility index (Phi) is 4.45. The van der Waals surface area contributed by atoms with Crippen LogP contribution in [-0.2, 0) is 0 Å². The van der Waals surface area contributed by atoms with Crippen LogP contribution in [0.2, 0.25) is 5.02 Å². The van der Waals surface area contributed by atoms with Crippen LogP contribution in [0.5, 0.6) is 0 Å². The van der Waals surface area contributed by atoms with E-state index in [1.54, 1.807) is 6.92 Å². The van der Waals surface area contributed by atoms with Gasteiger partial charge in [0.15, 0.2) is 5.78 Å². The van der Waals surface area contributed by atoms with Gasteiger partial charge in [0.2, 0.25) is 0 Å². The maximum Gasteiger partial charge on any atom is 0.169 e. The fourth-order valence-corrected chi connectivity index (χ4v) is 1.60. The first-order chi connectivity index (χ1) is 7.60. The number of halogens is 2. The zero-order valence-electron chi connectivity index (χ0n) is 8.84. The summed E-state index contributed by atoms with van der Waals surface area (Å²) in [5.74, 6) is -1.41. The summed E-state index contributed by atoms with van der Waals surface area (Å²) in [5, 5.41) is 8.81. The summed E-state index contributed by atoms with van der Waals surface area (Å²) >= 11 is 5.59. The maximum absolute atomic E-state index is 13.4. The molecule has 0 radical (unpaired) electrons. The largest absolute Gasteiger partial charge is 0.294 e. The van der Waals surface area contributed by atoms with E-state index in [-0.39, 0.29) is 22.8 Å². The van der Waals surface area contributed by atoms with Crippen LogP contribution in [0.4, 0.5) is 4.39 Å². The predicted octanol–water partition coefficient (Wildman–Crippen LogP) is 3.60. The van der Waals surface area contributed by atoms with Crippen molar-refractivity contribution in [1.82, 2.24) is 0 Å². The van der Waals surface area contributed by atoms with Crippen molar-refractivity contribution in [1.29, 1.82) is 5.26 Å². The summed E-state index contributed by atoms with van der Waals surface area (Å²) in [6.45, 7) is 1.80. The van der Waals surface area contributed by atoms with Gasteiger partial charge in [0, 0.05) is 17.4 Å². The van der Waals surface area contributed by atoms with Crippen molar-refractivity contribution in [2.24, 2.45) is 5.92 Å². The predicted molar refractivity (Wildman–Crippen MR) is 59.8 cm³/mol. The number of benzene rings is 1. The number of nitriles is 1. The lowest BCUT2D eigenvalue weighted by atomic mass is 9.92. The lowest BCUT2D eigenvalue weighted by Gasteiger charge is -2.10. The second-order valence-corrected chi connectivity index (χ2v) is 3.89. The molecule has 0 bridgehead atoms. The minimum atomic E-state index is -0.631. The zero-order chi connectivity index (χ0) is 12.1. The Morgan fingerprint density at radius 2 is 2.31 bits per heavy atom. The van der Waals surface area contributed by atoms with Crippen LogP contribution in [0, 0.1) is 23.1 Å². The Balaban J connectivity index is 3.00. The molecule has 1 unspecified atom stereocenters. The highest BCUT2D eigenvalue weighted by molar-refractivity contribution is 6.30. The molecule has 0 amide bonds. The summed E-state index contributed by atoms with van der Waals surface area (Å²) in [6, 6.07) is 5.87. The van der Waals surface area contributed by atoms with Crippen molar-refractivity contribution in [3.8, 4) is 6.07 Å². The van der Waals surface area contributed by atoms with E-state index in [4.69, 9.17) is 16.9 Å². The minimum absolute atomic E-state index is 0.00602. The third-order valence-corrected chi connectivity index (χ3v) is 2.63. The van der Waals surface area contributed by atoms with Gasteiger partial charge in [-0.2, -0.15) is 5.26 Å². The van der Waals surface area contributed by atoms with Crippen LogP contribution in [0.3, 0.4) is 0 Å². The molecule has 4 heteroatoms. The summed E-state index contributed by atoms with van der Waals surface area (Å²) in [5.41, 5.74) is 0.00602. The Hall–Kier alpha value is -1.40. The molecule has 84 valence electrons. The number of hydrogen-bond acceptors (Lipinski definition) is 2. The maximum atomic E-state index is 13.4. The third-order valence-electron chi connectivity index (χ3n) is 2.40. The van der Waals surface area contributed by atoms with Crippen molar-refractivity contribution < 1.29 is 9.18 Å². The third kappa shape index (κ3) is 2.80. The molecule has 1 aromatic rings. The van der Waals surface area contributed by atoms with E-state index in [0.29, 0.717) is 6.42 Å². The molecule has 0 aliphatic carbocycles. The molecule has 0 saturated heterocycles. The van der Waals surface area contributed by atoms with Crippen LogP contribution in [-0.4, -0.2) is 5.78 Å². The highest BCUT2D eigenvalue weighted by Crippen LogP contribution is 2.20. The number of ketones is 1. The highest BCUT2D eigenvalue weighted by Gasteiger charge is 2.20. The number of rotatable bonds is 4. The molecular formula is C12H11ClFNO. The summed E-state index contributed by atoms with van der Waals surface area (Å²) in [6.07, 6.45) is 0.631. The van der Waals surface area contributed by atoms with E-state index in [1.807, 2.05) is 6.07 Å². The first-order valence-corrected chi connectivity index (χ1v) is 5.34. The quantitative estimate of drug-likeness (QED) is 0.754. The molecule has 0 spiro atoms. The van der Waals surface area contributed by atoms with Crippen LogP contribution >= 0.6 is 11.6 Å². The van der Waals surface area contributed by atoms with Crippen molar-refractivity contribution in [2.75, 3.05) is 0 Å². The molecular weight excluding hydrogens is 229 g/mol. The topological polar surface area (TPSA) is 40.9 Å². The van der Waals surface area contributed by atoms with E-state index in [2.05, 4.69) is 0 Å². The summed E-state index contributed by atoms with van der Waals surface area (Å²) in [7, 11) is 0. The number of nitrogens with zero attached hydrogens (tertiary/aromatic N) is 1. The molecule has 0 heterocycles. The average Bonchev–Trinajstić information content (AvgIpc) is 2.25. The zero-order valence-corrected chi connectivity index (χ0v) is 9.59. The molecule has 16 heavy (non-hydrogen) atoms. The van der Waals surface area contributed by atoms with E-state index in [0.717, 1.165) is 6.07 Å². The molecule has 1 atom stereocenters. The van der Waals surface area contributed by atoms with Gasteiger partial charge >= 0.3 is 0 Å². The van der Waals surface area contributed by atoms with Crippen LogP contribution in [0.15, 0.2) is 18.2 Å². The lowest BCUT2D eigenvalue weighted by molar-refractivity contribution is 0.0914. The van der Waals surface area contributed by atoms with Crippen LogP contribution in [0.25, 0.3) is 0 Å². The minimum Gasteiger partial charge on any atom is -0.294 e. The molecule has 0 fully saturated rings. The van der Waals surface area contributed by atoms with Gasteiger partial charge in [-0.25, -0.2) is 4.39 Å². The van der Waals surface area contributed by atoms with E-state index < -0.39 is 11.7 Å². The lowest BCUT2D eigenvalue weighted by Crippen LogP contribution is -2.15. The fraction of sp³-hybridized carbons (Fsp3) is 0.333. The molecule has 1 rings (SSSR count). The van der Waals surface area contributed by atoms with Crippen LogP contribution in [0.1, 0.15) is 30.1 Å². The van der Waals surface area contributed by atoms with E-state index in [1.165, 1.54) is 12.1 Å². The van der Waals surface area contributed by atoms with Gasteiger partial charge in [0.1, 0.15) is 5.82 Å². The summed E-state index contributed by atoms with van der Waals surface area (Å²) in [4.78, 5) is 11.9. The van der Waals surface area contributed by atoms with Gasteiger partial charge in [-0.05, 0) is 24.6 Å². The average molecular weight is 240 g/mol. The Labute approximate surface area is 98.6 Å². The molecule has 1 aromatic carbocycles. The molecule has 0 aliphatic heterocycles. The SMILES string of the molecule is CCC(CC#N)C(=O)c1ccc(Cl)cc1F. The van der Waals surface area contributed by atoms with Crippen LogP contribution < -0.4 is 0 Å². The van der Waals surface area contributed by atoms with Gasteiger partial charge in [-0.15, -0.1) is 0 Å². The number of carbonyl (C=O) groups is 1. The van der Waals surface area contributed by atoms with Gasteiger partial charge < -0.3 is 0 Å². The standard InChI is InChI=1S/C12H11ClFNO/c1-2-8(5-6-15)12(16)10-4-3-9(13)7-11(10)14/h3-4,7-8H,2,5H2,1H3. The highest BCUT2D eigenvalue weighted by atomic mass is 35.5. The number of Topliss-reactive ketones (excluding diaryl/α,β-unsaturated/α-hetero) is 1. The Morgan fingerprint density at radius 1 is 1.62 bits per heavy atom. The second kappa shape index (κ2) is 5.62. The first kappa shape index (κ1) is 12.7. The van der Waals surface area contributed by atoms with E-state index >= 15 is 0 Å².